The average Bonchev–Trinajstić information content (AvgIpc) is 2.53. The van der Waals surface area contributed by atoms with Crippen molar-refractivity contribution >= 4 is 5.69 Å². The Kier molecular flexibility index (Phi) is 2.11. The Morgan fingerprint density at radius 3 is 2.81 bits per heavy atom. The minimum absolute atomic E-state index is 0.293. The van der Waals surface area contributed by atoms with Crippen molar-refractivity contribution in [3.63, 3.8) is 0 Å². The van der Waals surface area contributed by atoms with Gasteiger partial charge in [0.2, 0.25) is 0 Å². The minimum atomic E-state index is 0.293. The lowest BCUT2D eigenvalue weighted by molar-refractivity contribution is 0.310. The van der Waals surface area contributed by atoms with Crippen LogP contribution in [-0.4, -0.2) is 30.8 Å². The van der Waals surface area contributed by atoms with Crippen LogP contribution in [0, 0.1) is 0 Å². The topological polar surface area (TPSA) is 35.5 Å². The Morgan fingerprint density at radius 1 is 1.31 bits per heavy atom. The highest BCUT2D eigenvalue weighted by molar-refractivity contribution is 5.63. The van der Waals surface area contributed by atoms with E-state index in [2.05, 4.69) is 17.3 Å². The zero-order valence-corrected chi connectivity index (χ0v) is 9.66. The predicted octanol–water partition coefficient (Wildman–Crippen LogP) is 1.51. The van der Waals surface area contributed by atoms with E-state index < -0.39 is 0 Å². The van der Waals surface area contributed by atoms with Crippen LogP contribution in [0.4, 0.5) is 5.69 Å². The Labute approximate surface area is 96.1 Å². The summed E-state index contributed by atoms with van der Waals surface area (Å²) in [5.41, 5.74) is 2.88. The second kappa shape index (κ2) is 3.39. The van der Waals surface area contributed by atoms with Gasteiger partial charge in [-0.2, -0.15) is 0 Å². The summed E-state index contributed by atoms with van der Waals surface area (Å²) in [5, 5.41) is 13.0. The van der Waals surface area contributed by atoms with Gasteiger partial charge in [0, 0.05) is 18.3 Å². The van der Waals surface area contributed by atoms with E-state index in [0.29, 0.717) is 11.3 Å². The van der Waals surface area contributed by atoms with Gasteiger partial charge in [-0.15, -0.1) is 0 Å². The number of phenolic OH excluding ortho intramolecular Hbond substituents is 1. The van der Waals surface area contributed by atoms with Crippen molar-refractivity contribution in [1.82, 2.24) is 5.32 Å². The Hall–Kier alpha value is -1.22. The number of anilines is 1. The van der Waals surface area contributed by atoms with Gasteiger partial charge in [-0.25, -0.2) is 0 Å². The van der Waals surface area contributed by atoms with Gasteiger partial charge >= 0.3 is 0 Å². The van der Waals surface area contributed by atoms with Crippen molar-refractivity contribution in [2.24, 2.45) is 0 Å². The van der Waals surface area contributed by atoms with Gasteiger partial charge in [-0.1, -0.05) is 0 Å². The van der Waals surface area contributed by atoms with E-state index in [1.807, 2.05) is 12.1 Å². The molecule has 0 aliphatic carbocycles. The van der Waals surface area contributed by atoms with Crippen molar-refractivity contribution in [3.8, 4) is 5.75 Å². The Morgan fingerprint density at radius 2 is 2.06 bits per heavy atom. The number of phenols is 1. The smallest absolute Gasteiger partial charge is 0.116 e. The largest absolute Gasteiger partial charge is 0.508 e. The Bertz CT molecular complexity index is 410. The van der Waals surface area contributed by atoms with Crippen molar-refractivity contribution in [2.45, 2.75) is 24.8 Å². The third-order valence-electron chi connectivity index (χ3n) is 4.19. The molecule has 1 fully saturated rings. The van der Waals surface area contributed by atoms with Crippen molar-refractivity contribution in [1.29, 1.82) is 0 Å². The first kappa shape index (κ1) is 9.97. The fraction of sp³-hybridized carbons (Fsp3) is 0.538. The van der Waals surface area contributed by atoms with Crippen LogP contribution in [0.15, 0.2) is 18.2 Å². The SMILES string of the molecule is CN1c2ccc(O)cc2CC12CCNCC2. The summed E-state index contributed by atoms with van der Waals surface area (Å²) in [6.45, 7) is 2.20. The summed E-state index contributed by atoms with van der Waals surface area (Å²) in [6.07, 6.45) is 3.47. The van der Waals surface area contributed by atoms with Crippen LogP contribution in [-0.2, 0) is 6.42 Å². The highest BCUT2D eigenvalue weighted by atomic mass is 16.3. The molecule has 86 valence electrons. The number of rotatable bonds is 0. The molecule has 2 aliphatic rings. The molecule has 16 heavy (non-hydrogen) atoms. The van der Waals surface area contributed by atoms with Gasteiger partial charge in [0.15, 0.2) is 0 Å². The number of hydrogen-bond acceptors (Lipinski definition) is 3. The normalized spacial score (nSPS) is 22.4. The molecule has 0 bridgehead atoms. The average molecular weight is 218 g/mol. The molecule has 2 heterocycles. The predicted molar refractivity (Wildman–Crippen MR) is 65.0 cm³/mol. The second-order valence-electron chi connectivity index (χ2n) is 5.02. The van der Waals surface area contributed by atoms with Crippen LogP contribution in [0.1, 0.15) is 18.4 Å². The van der Waals surface area contributed by atoms with Gasteiger partial charge in [0.25, 0.3) is 0 Å². The molecule has 1 aromatic rings. The third-order valence-corrected chi connectivity index (χ3v) is 4.19. The number of nitrogens with zero attached hydrogens (tertiary/aromatic N) is 1. The maximum absolute atomic E-state index is 9.54. The van der Waals surface area contributed by atoms with Crippen molar-refractivity contribution < 1.29 is 5.11 Å². The first-order valence-corrected chi connectivity index (χ1v) is 5.98. The number of likely N-dealkylation sites (N-methyl/N-ethyl adjacent to an activating group) is 1. The van der Waals surface area contributed by atoms with E-state index in [4.69, 9.17) is 0 Å². The van der Waals surface area contributed by atoms with Gasteiger partial charge in [0.1, 0.15) is 5.75 Å². The van der Waals surface area contributed by atoms with E-state index in [0.717, 1.165) is 19.5 Å². The fourth-order valence-electron chi connectivity index (χ4n) is 3.17. The molecule has 3 heteroatoms. The minimum Gasteiger partial charge on any atom is -0.508 e. The lowest BCUT2D eigenvalue weighted by Gasteiger charge is -2.41. The highest BCUT2D eigenvalue weighted by Crippen LogP contribution is 2.43. The fourth-order valence-corrected chi connectivity index (χ4v) is 3.17. The lowest BCUT2D eigenvalue weighted by Crippen LogP contribution is -2.51. The summed E-state index contributed by atoms with van der Waals surface area (Å²) in [6, 6.07) is 5.75. The van der Waals surface area contributed by atoms with E-state index in [-0.39, 0.29) is 0 Å². The van der Waals surface area contributed by atoms with Crippen LogP contribution < -0.4 is 10.2 Å². The van der Waals surface area contributed by atoms with Crippen LogP contribution in [0.2, 0.25) is 0 Å². The molecule has 0 atom stereocenters. The molecule has 0 amide bonds. The number of aromatic hydroxyl groups is 1. The zero-order chi connectivity index (χ0) is 11.2. The maximum Gasteiger partial charge on any atom is 0.116 e. The van der Waals surface area contributed by atoms with Crippen LogP contribution >= 0.6 is 0 Å². The molecule has 3 nitrogen and oxygen atoms in total. The van der Waals surface area contributed by atoms with Gasteiger partial charge in [-0.05, 0) is 56.1 Å². The summed E-state index contributed by atoms with van der Waals surface area (Å²) >= 11 is 0. The lowest BCUT2D eigenvalue weighted by atomic mass is 9.85. The number of nitrogens with one attached hydrogen (secondary N) is 1. The standard InChI is InChI=1S/C13H18N2O/c1-15-12-3-2-11(16)8-10(12)9-13(15)4-6-14-7-5-13/h2-3,8,14,16H,4-7,9H2,1H3. The quantitative estimate of drug-likeness (QED) is 0.693. The molecule has 2 aliphatic heterocycles. The molecule has 0 unspecified atom stereocenters. The number of piperidine rings is 1. The van der Waals surface area contributed by atoms with E-state index in [1.54, 1.807) is 6.07 Å². The molecule has 0 aromatic heterocycles. The number of benzene rings is 1. The van der Waals surface area contributed by atoms with Gasteiger partial charge in [-0.3, -0.25) is 0 Å². The zero-order valence-electron chi connectivity index (χ0n) is 9.66. The number of hydrogen-bond donors (Lipinski definition) is 2. The molecular formula is C13H18N2O. The van der Waals surface area contributed by atoms with Crippen molar-refractivity contribution in [3.05, 3.63) is 23.8 Å². The monoisotopic (exact) mass is 218 g/mol. The first-order chi connectivity index (χ1) is 7.71. The summed E-state index contributed by atoms with van der Waals surface area (Å²) in [4.78, 5) is 2.42. The molecule has 1 spiro atoms. The van der Waals surface area contributed by atoms with Gasteiger partial charge < -0.3 is 15.3 Å². The van der Waals surface area contributed by atoms with Crippen LogP contribution in [0.3, 0.4) is 0 Å². The number of fused-ring (bicyclic) bond motifs is 1. The van der Waals surface area contributed by atoms with Gasteiger partial charge in [0.05, 0.1) is 0 Å². The summed E-state index contributed by atoms with van der Waals surface area (Å²) < 4.78 is 0. The van der Waals surface area contributed by atoms with Crippen LogP contribution in [0.25, 0.3) is 0 Å². The molecule has 0 radical (unpaired) electrons. The molecule has 0 saturated carbocycles. The van der Waals surface area contributed by atoms with E-state index in [1.165, 1.54) is 24.1 Å². The third kappa shape index (κ3) is 1.31. The first-order valence-electron chi connectivity index (χ1n) is 5.98. The van der Waals surface area contributed by atoms with Crippen molar-refractivity contribution in [2.75, 3.05) is 25.0 Å². The second-order valence-corrected chi connectivity index (χ2v) is 5.02. The highest BCUT2D eigenvalue weighted by Gasteiger charge is 2.42. The molecule has 1 saturated heterocycles. The van der Waals surface area contributed by atoms with E-state index >= 15 is 0 Å². The summed E-state index contributed by atoms with van der Waals surface area (Å²) in [5.74, 6) is 0.387. The maximum atomic E-state index is 9.54. The van der Waals surface area contributed by atoms with E-state index in [9.17, 15) is 5.11 Å². The molecular weight excluding hydrogens is 200 g/mol. The molecule has 2 N–H and O–H groups in total. The molecule has 1 aromatic carbocycles. The molecule has 3 rings (SSSR count). The summed E-state index contributed by atoms with van der Waals surface area (Å²) in [7, 11) is 2.19. The Balaban J connectivity index is 1.98. The van der Waals surface area contributed by atoms with Crippen LogP contribution in [0.5, 0.6) is 5.75 Å².